The van der Waals surface area contributed by atoms with E-state index in [1.165, 1.54) is 18.2 Å². The third-order valence-corrected chi connectivity index (χ3v) is 2.75. The van der Waals surface area contributed by atoms with E-state index in [0.717, 1.165) is 4.90 Å². The molecular weight excluding hydrogens is 250 g/mol. The lowest BCUT2D eigenvalue weighted by molar-refractivity contribution is -0.384. The van der Waals surface area contributed by atoms with Gasteiger partial charge in [-0.2, -0.15) is 0 Å². The molecule has 0 unspecified atom stereocenters. The summed E-state index contributed by atoms with van der Waals surface area (Å²) in [5.74, 6) is -0.243. The summed E-state index contributed by atoms with van der Waals surface area (Å²) in [5, 5.41) is 10.6. The van der Waals surface area contributed by atoms with Gasteiger partial charge in [-0.05, 0) is 24.3 Å². The Morgan fingerprint density at radius 1 is 1.06 bits per heavy atom. The monoisotopic (exact) mass is 259 g/mol. The van der Waals surface area contributed by atoms with Gasteiger partial charge < -0.3 is 0 Å². The summed E-state index contributed by atoms with van der Waals surface area (Å²) in [6, 6.07) is 12.4. The molecule has 2 aromatic rings. The molecule has 0 aliphatic rings. The van der Waals surface area contributed by atoms with Crippen molar-refractivity contribution in [2.45, 2.75) is 4.90 Å². The zero-order chi connectivity index (χ0) is 13.1. The third-order valence-electron chi connectivity index (χ3n) is 2.45. The lowest BCUT2D eigenvalue weighted by Gasteiger charge is -2.01. The maximum Gasteiger partial charge on any atom is 0.270 e. The molecule has 0 heterocycles. The number of nitro groups is 1. The minimum absolute atomic E-state index is 0.0911. The largest absolute Gasteiger partial charge is 0.289 e. The summed E-state index contributed by atoms with van der Waals surface area (Å²) in [5.41, 5.74) is 0.691. The summed E-state index contributed by atoms with van der Waals surface area (Å²) < 4.78 is 0. The lowest BCUT2D eigenvalue weighted by Crippen LogP contribution is -2.01. The summed E-state index contributed by atoms with van der Waals surface area (Å²) in [4.78, 5) is 23.0. The topological polar surface area (TPSA) is 60.2 Å². The lowest BCUT2D eigenvalue weighted by atomic mass is 10.0. The van der Waals surface area contributed by atoms with Crippen molar-refractivity contribution in [2.24, 2.45) is 0 Å². The van der Waals surface area contributed by atoms with Crippen molar-refractivity contribution < 1.29 is 9.72 Å². The van der Waals surface area contributed by atoms with Crippen molar-refractivity contribution in [1.82, 2.24) is 0 Å². The second-order valence-corrected chi connectivity index (χ2v) is 4.20. The van der Waals surface area contributed by atoms with Gasteiger partial charge in [0.2, 0.25) is 0 Å². The van der Waals surface area contributed by atoms with Crippen LogP contribution >= 0.6 is 12.6 Å². The highest BCUT2D eigenvalue weighted by molar-refractivity contribution is 7.80. The van der Waals surface area contributed by atoms with E-state index < -0.39 is 4.92 Å². The van der Waals surface area contributed by atoms with E-state index in [0.29, 0.717) is 11.1 Å². The minimum Gasteiger partial charge on any atom is -0.289 e. The van der Waals surface area contributed by atoms with Crippen molar-refractivity contribution >= 4 is 24.1 Å². The molecule has 4 nitrogen and oxygen atoms in total. The van der Waals surface area contributed by atoms with Gasteiger partial charge in [0.15, 0.2) is 5.78 Å². The standard InChI is InChI=1S/C13H9NO3S/c15-13(9-4-6-12(18)7-5-9)10-2-1-3-11(8-10)14(16)17/h1-8,18H. The Labute approximate surface area is 109 Å². The van der Waals surface area contributed by atoms with Gasteiger partial charge in [0.25, 0.3) is 5.69 Å². The Kier molecular flexibility index (Phi) is 3.43. The summed E-state index contributed by atoms with van der Waals surface area (Å²) in [7, 11) is 0. The fourth-order valence-corrected chi connectivity index (χ4v) is 1.69. The highest BCUT2D eigenvalue weighted by Gasteiger charge is 2.12. The Hall–Kier alpha value is -2.14. The predicted octanol–water partition coefficient (Wildman–Crippen LogP) is 3.11. The van der Waals surface area contributed by atoms with Crippen LogP contribution in [0.1, 0.15) is 15.9 Å². The SMILES string of the molecule is O=C(c1ccc(S)cc1)c1cccc([N+](=O)[O-])c1. The molecule has 2 rings (SSSR count). The van der Waals surface area contributed by atoms with E-state index in [9.17, 15) is 14.9 Å². The van der Waals surface area contributed by atoms with Crippen LogP contribution in [0, 0.1) is 10.1 Å². The third kappa shape index (κ3) is 2.57. The molecule has 0 saturated heterocycles. The van der Waals surface area contributed by atoms with Gasteiger partial charge in [0.1, 0.15) is 0 Å². The van der Waals surface area contributed by atoms with E-state index in [2.05, 4.69) is 12.6 Å². The average molecular weight is 259 g/mol. The van der Waals surface area contributed by atoms with Crippen LogP contribution in [-0.4, -0.2) is 10.7 Å². The number of carbonyl (C=O) groups is 1. The van der Waals surface area contributed by atoms with Gasteiger partial charge >= 0.3 is 0 Å². The van der Waals surface area contributed by atoms with Crippen molar-refractivity contribution in [1.29, 1.82) is 0 Å². The van der Waals surface area contributed by atoms with Gasteiger partial charge in [-0.15, -0.1) is 12.6 Å². The first kappa shape index (κ1) is 12.3. The van der Waals surface area contributed by atoms with Crippen molar-refractivity contribution in [3.05, 3.63) is 69.8 Å². The maximum atomic E-state index is 12.1. The molecule has 0 aliphatic heterocycles. The van der Waals surface area contributed by atoms with Crippen LogP contribution in [0.4, 0.5) is 5.69 Å². The van der Waals surface area contributed by atoms with E-state index in [-0.39, 0.29) is 11.5 Å². The van der Waals surface area contributed by atoms with E-state index in [1.807, 2.05) is 0 Å². The molecule has 0 fully saturated rings. The van der Waals surface area contributed by atoms with E-state index >= 15 is 0 Å². The molecule has 0 radical (unpaired) electrons. The maximum absolute atomic E-state index is 12.1. The normalized spacial score (nSPS) is 10.1. The number of hydrogen-bond acceptors (Lipinski definition) is 4. The number of nitrogens with zero attached hydrogens (tertiary/aromatic N) is 1. The van der Waals surface area contributed by atoms with E-state index in [1.54, 1.807) is 30.3 Å². The second-order valence-electron chi connectivity index (χ2n) is 3.68. The van der Waals surface area contributed by atoms with Crippen LogP contribution in [0.5, 0.6) is 0 Å². The molecule has 0 N–H and O–H groups in total. The Balaban J connectivity index is 2.37. The number of rotatable bonds is 3. The fraction of sp³-hybridized carbons (Fsp3) is 0. The molecular formula is C13H9NO3S. The van der Waals surface area contributed by atoms with Crippen LogP contribution in [0.2, 0.25) is 0 Å². The first-order valence-electron chi connectivity index (χ1n) is 5.16. The number of nitro benzene ring substituents is 1. The van der Waals surface area contributed by atoms with Gasteiger partial charge in [-0.3, -0.25) is 14.9 Å². The van der Waals surface area contributed by atoms with Gasteiger partial charge in [-0.25, -0.2) is 0 Å². The van der Waals surface area contributed by atoms with Crippen LogP contribution in [-0.2, 0) is 0 Å². The Bertz CT molecular complexity index is 608. The van der Waals surface area contributed by atoms with E-state index in [4.69, 9.17) is 0 Å². The van der Waals surface area contributed by atoms with Crippen LogP contribution in [0.25, 0.3) is 0 Å². The molecule has 0 saturated carbocycles. The Morgan fingerprint density at radius 3 is 2.33 bits per heavy atom. The van der Waals surface area contributed by atoms with Crippen LogP contribution in [0.15, 0.2) is 53.4 Å². The van der Waals surface area contributed by atoms with Crippen LogP contribution < -0.4 is 0 Å². The molecule has 0 amide bonds. The van der Waals surface area contributed by atoms with Gasteiger partial charge in [0.05, 0.1) is 4.92 Å². The summed E-state index contributed by atoms with van der Waals surface area (Å²) in [6.07, 6.45) is 0. The number of thiol groups is 1. The van der Waals surface area contributed by atoms with Gasteiger partial charge in [0, 0.05) is 28.2 Å². The van der Waals surface area contributed by atoms with Crippen LogP contribution in [0.3, 0.4) is 0 Å². The molecule has 0 bridgehead atoms. The van der Waals surface area contributed by atoms with Crippen molar-refractivity contribution in [3.63, 3.8) is 0 Å². The minimum atomic E-state index is -0.520. The smallest absolute Gasteiger partial charge is 0.270 e. The Morgan fingerprint density at radius 2 is 1.72 bits per heavy atom. The average Bonchev–Trinajstić information content (AvgIpc) is 2.39. The van der Waals surface area contributed by atoms with Crippen molar-refractivity contribution in [3.8, 4) is 0 Å². The first-order valence-corrected chi connectivity index (χ1v) is 5.61. The summed E-state index contributed by atoms with van der Waals surface area (Å²) in [6.45, 7) is 0. The molecule has 2 aromatic carbocycles. The highest BCUT2D eigenvalue weighted by Crippen LogP contribution is 2.17. The quantitative estimate of drug-likeness (QED) is 0.399. The zero-order valence-electron chi connectivity index (χ0n) is 9.24. The second kappa shape index (κ2) is 5.01. The molecule has 0 spiro atoms. The number of non-ortho nitro benzene ring substituents is 1. The first-order chi connectivity index (χ1) is 8.58. The number of ketones is 1. The molecule has 0 atom stereocenters. The predicted molar refractivity (Wildman–Crippen MR) is 70.2 cm³/mol. The molecule has 5 heteroatoms. The zero-order valence-corrected chi connectivity index (χ0v) is 10.1. The highest BCUT2D eigenvalue weighted by atomic mass is 32.1. The molecule has 0 aliphatic carbocycles. The fourth-order valence-electron chi connectivity index (χ4n) is 1.54. The molecule has 18 heavy (non-hydrogen) atoms. The van der Waals surface area contributed by atoms with Gasteiger partial charge in [-0.1, -0.05) is 12.1 Å². The van der Waals surface area contributed by atoms with Crippen molar-refractivity contribution in [2.75, 3.05) is 0 Å². The number of benzene rings is 2. The number of carbonyl (C=O) groups excluding carboxylic acids is 1. The molecule has 90 valence electrons. The number of hydrogen-bond donors (Lipinski definition) is 1. The molecule has 0 aromatic heterocycles. The summed E-state index contributed by atoms with van der Waals surface area (Å²) >= 11 is 4.13.